The lowest BCUT2D eigenvalue weighted by Crippen LogP contribution is -2.16. The van der Waals surface area contributed by atoms with Gasteiger partial charge in [-0.05, 0) is 36.8 Å². The van der Waals surface area contributed by atoms with E-state index in [9.17, 15) is 5.11 Å². The Morgan fingerprint density at radius 1 is 1.33 bits per heavy atom. The number of hydrogen-bond donors (Lipinski definition) is 2. The summed E-state index contributed by atoms with van der Waals surface area (Å²) in [5.74, 6) is 0.455. The van der Waals surface area contributed by atoms with Gasteiger partial charge in [-0.3, -0.25) is 0 Å². The number of aromatic nitrogens is 1. The van der Waals surface area contributed by atoms with Gasteiger partial charge in [-0.15, -0.1) is 0 Å². The third kappa shape index (κ3) is 1.37. The van der Waals surface area contributed by atoms with Crippen molar-refractivity contribution in [2.24, 2.45) is 5.92 Å². The molecule has 0 fully saturated rings. The highest BCUT2D eigenvalue weighted by atomic mass is 16.3. The summed E-state index contributed by atoms with van der Waals surface area (Å²) in [5.41, 5.74) is 4.04. The number of rotatable bonds is 1. The Morgan fingerprint density at radius 2 is 2.20 bits per heavy atom. The average Bonchev–Trinajstić information content (AvgIpc) is 2.66. The number of nitrogens with one attached hydrogen (secondary N) is 1. The van der Waals surface area contributed by atoms with E-state index in [-0.39, 0.29) is 0 Å². The summed E-state index contributed by atoms with van der Waals surface area (Å²) in [4.78, 5) is 3.48. The molecule has 0 unspecified atom stereocenters. The lowest BCUT2D eigenvalue weighted by Gasteiger charge is -2.20. The first-order valence-corrected chi connectivity index (χ1v) is 5.58. The molecule has 3 rings (SSSR count). The number of aliphatic hydroxyl groups is 1. The van der Waals surface area contributed by atoms with Crippen molar-refractivity contribution < 1.29 is 5.11 Å². The zero-order valence-corrected chi connectivity index (χ0v) is 8.66. The van der Waals surface area contributed by atoms with Crippen LogP contribution in [-0.2, 0) is 12.8 Å². The van der Waals surface area contributed by atoms with Crippen LogP contribution in [0.15, 0.2) is 24.3 Å². The van der Waals surface area contributed by atoms with Crippen LogP contribution >= 0.6 is 0 Å². The van der Waals surface area contributed by atoms with Gasteiger partial charge in [-0.1, -0.05) is 18.2 Å². The first-order valence-electron chi connectivity index (χ1n) is 5.58. The average molecular weight is 201 g/mol. The number of fused-ring (bicyclic) bond motifs is 3. The molecule has 0 bridgehead atoms. The lowest BCUT2D eigenvalue weighted by molar-refractivity contribution is 0.213. The van der Waals surface area contributed by atoms with Crippen LogP contribution in [0.4, 0.5) is 0 Å². The molecular formula is C13H15NO. The maximum absolute atomic E-state index is 9.22. The van der Waals surface area contributed by atoms with E-state index in [0.29, 0.717) is 12.5 Å². The molecule has 2 aromatic rings. The van der Waals surface area contributed by atoms with Gasteiger partial charge in [0.25, 0.3) is 0 Å². The Hall–Kier alpha value is -1.28. The van der Waals surface area contributed by atoms with E-state index in [4.69, 9.17) is 0 Å². The Balaban J connectivity index is 2.14. The van der Waals surface area contributed by atoms with Crippen LogP contribution in [0.1, 0.15) is 17.7 Å². The fourth-order valence-electron chi connectivity index (χ4n) is 2.60. The molecule has 2 nitrogen and oxygen atoms in total. The summed E-state index contributed by atoms with van der Waals surface area (Å²) in [7, 11) is 0. The minimum Gasteiger partial charge on any atom is -0.396 e. The predicted octanol–water partition coefficient (Wildman–Crippen LogP) is 2.27. The molecular weight excluding hydrogens is 186 g/mol. The van der Waals surface area contributed by atoms with Crippen LogP contribution in [0.3, 0.4) is 0 Å². The zero-order chi connectivity index (χ0) is 10.3. The van der Waals surface area contributed by atoms with E-state index in [1.54, 1.807) is 0 Å². The molecule has 1 aromatic carbocycles. The van der Waals surface area contributed by atoms with Crippen LogP contribution in [0.5, 0.6) is 0 Å². The van der Waals surface area contributed by atoms with Gasteiger partial charge in [0, 0.05) is 23.2 Å². The maximum Gasteiger partial charge on any atom is 0.0462 e. The Bertz CT molecular complexity index is 486. The predicted molar refractivity (Wildman–Crippen MR) is 60.9 cm³/mol. The topological polar surface area (TPSA) is 36.0 Å². The number of H-pyrrole nitrogens is 1. The molecule has 2 N–H and O–H groups in total. The highest BCUT2D eigenvalue weighted by Gasteiger charge is 2.21. The molecule has 0 radical (unpaired) electrons. The molecule has 15 heavy (non-hydrogen) atoms. The van der Waals surface area contributed by atoms with E-state index >= 15 is 0 Å². The van der Waals surface area contributed by atoms with Crippen molar-refractivity contribution in [3.63, 3.8) is 0 Å². The van der Waals surface area contributed by atoms with Gasteiger partial charge in [0.15, 0.2) is 0 Å². The monoisotopic (exact) mass is 201 g/mol. The van der Waals surface area contributed by atoms with Gasteiger partial charge >= 0.3 is 0 Å². The standard InChI is InChI=1S/C13H15NO/c15-8-9-5-6-13-11(7-9)10-3-1-2-4-12(10)14-13/h1-4,9,14-15H,5-8H2/t9-/m0/s1. The number of aryl methyl sites for hydroxylation is 1. The highest BCUT2D eigenvalue weighted by Crippen LogP contribution is 2.31. The van der Waals surface area contributed by atoms with Gasteiger partial charge in [0.1, 0.15) is 0 Å². The number of para-hydroxylation sites is 1. The third-order valence-electron chi connectivity index (χ3n) is 3.46. The molecule has 0 saturated carbocycles. The van der Waals surface area contributed by atoms with E-state index in [0.717, 1.165) is 19.3 Å². The molecule has 0 spiro atoms. The quantitative estimate of drug-likeness (QED) is 0.729. The van der Waals surface area contributed by atoms with Crippen LogP contribution in [-0.4, -0.2) is 16.7 Å². The molecule has 1 aliphatic rings. The van der Waals surface area contributed by atoms with Gasteiger partial charge in [-0.2, -0.15) is 0 Å². The molecule has 78 valence electrons. The van der Waals surface area contributed by atoms with E-state index in [1.165, 1.54) is 22.2 Å². The third-order valence-corrected chi connectivity index (χ3v) is 3.46. The smallest absolute Gasteiger partial charge is 0.0462 e. The largest absolute Gasteiger partial charge is 0.396 e. The Kier molecular flexibility index (Phi) is 2.03. The van der Waals surface area contributed by atoms with E-state index in [2.05, 4.69) is 29.2 Å². The Labute approximate surface area is 88.9 Å². The number of hydrogen-bond acceptors (Lipinski definition) is 1. The van der Waals surface area contributed by atoms with Gasteiger partial charge in [-0.25, -0.2) is 0 Å². The van der Waals surface area contributed by atoms with Crippen molar-refractivity contribution in [1.29, 1.82) is 0 Å². The molecule has 2 heteroatoms. The summed E-state index contributed by atoms with van der Waals surface area (Å²) < 4.78 is 0. The number of aromatic amines is 1. The van der Waals surface area contributed by atoms with Crippen LogP contribution in [0.25, 0.3) is 10.9 Å². The number of aliphatic hydroxyl groups excluding tert-OH is 1. The van der Waals surface area contributed by atoms with Crippen LogP contribution < -0.4 is 0 Å². The SMILES string of the molecule is OC[C@H]1CCc2[nH]c3ccccc3c2C1. The lowest BCUT2D eigenvalue weighted by atomic mass is 9.87. The van der Waals surface area contributed by atoms with Crippen molar-refractivity contribution in [2.45, 2.75) is 19.3 Å². The van der Waals surface area contributed by atoms with Crippen LogP contribution in [0.2, 0.25) is 0 Å². The molecule has 1 aromatic heterocycles. The highest BCUT2D eigenvalue weighted by molar-refractivity contribution is 5.84. The van der Waals surface area contributed by atoms with Gasteiger partial charge < -0.3 is 10.1 Å². The second kappa shape index (κ2) is 3.38. The zero-order valence-electron chi connectivity index (χ0n) is 8.66. The molecule has 0 saturated heterocycles. The first kappa shape index (κ1) is 8.98. The second-order valence-corrected chi connectivity index (χ2v) is 4.42. The van der Waals surface area contributed by atoms with Crippen molar-refractivity contribution >= 4 is 10.9 Å². The summed E-state index contributed by atoms with van der Waals surface area (Å²) in [6, 6.07) is 8.44. The summed E-state index contributed by atoms with van der Waals surface area (Å²) in [5, 5.41) is 10.6. The van der Waals surface area contributed by atoms with Crippen molar-refractivity contribution in [3.8, 4) is 0 Å². The normalized spacial score (nSPS) is 20.5. The minimum absolute atomic E-state index is 0.318. The van der Waals surface area contributed by atoms with Crippen molar-refractivity contribution in [1.82, 2.24) is 4.98 Å². The van der Waals surface area contributed by atoms with E-state index in [1.807, 2.05) is 0 Å². The van der Waals surface area contributed by atoms with Crippen molar-refractivity contribution in [3.05, 3.63) is 35.5 Å². The maximum atomic E-state index is 9.22. The van der Waals surface area contributed by atoms with Crippen LogP contribution in [0, 0.1) is 5.92 Å². The number of benzene rings is 1. The summed E-state index contributed by atoms with van der Waals surface area (Å²) in [6.07, 6.45) is 3.21. The summed E-state index contributed by atoms with van der Waals surface area (Å²) in [6.45, 7) is 0.318. The molecule has 1 atom stereocenters. The Morgan fingerprint density at radius 3 is 3.07 bits per heavy atom. The minimum atomic E-state index is 0.318. The molecule has 1 aliphatic carbocycles. The molecule has 0 aliphatic heterocycles. The molecule has 0 amide bonds. The summed E-state index contributed by atoms with van der Waals surface area (Å²) >= 11 is 0. The van der Waals surface area contributed by atoms with Gasteiger partial charge in [0.2, 0.25) is 0 Å². The second-order valence-electron chi connectivity index (χ2n) is 4.42. The van der Waals surface area contributed by atoms with Crippen molar-refractivity contribution in [2.75, 3.05) is 6.61 Å². The first-order chi connectivity index (χ1) is 7.38. The fourth-order valence-corrected chi connectivity index (χ4v) is 2.60. The fraction of sp³-hybridized carbons (Fsp3) is 0.385. The molecule has 1 heterocycles. The van der Waals surface area contributed by atoms with Gasteiger partial charge in [0.05, 0.1) is 0 Å². The van der Waals surface area contributed by atoms with E-state index < -0.39 is 0 Å².